The lowest BCUT2D eigenvalue weighted by atomic mass is 10.1. The van der Waals surface area contributed by atoms with Gasteiger partial charge in [0.2, 0.25) is 0 Å². The van der Waals surface area contributed by atoms with Gasteiger partial charge in [-0.3, -0.25) is 4.68 Å². The second-order valence-corrected chi connectivity index (χ2v) is 5.88. The van der Waals surface area contributed by atoms with Crippen LogP contribution in [0.25, 0.3) is 22.9 Å². The van der Waals surface area contributed by atoms with E-state index >= 15 is 0 Å². The molecule has 0 N–H and O–H groups in total. The molecule has 0 aliphatic heterocycles. The number of rotatable bonds is 4. The van der Waals surface area contributed by atoms with Gasteiger partial charge in [-0.25, -0.2) is 14.4 Å². The summed E-state index contributed by atoms with van der Waals surface area (Å²) in [6.07, 6.45) is 11.0. The highest BCUT2D eigenvalue weighted by Gasteiger charge is 2.17. The monoisotopic (exact) mass is 337 g/mol. The quantitative estimate of drug-likeness (QED) is 0.726. The number of hydrogen-bond donors (Lipinski definition) is 0. The first-order chi connectivity index (χ1) is 12.2. The number of nitrogens with zero attached hydrogens (tertiary/aromatic N) is 5. The van der Waals surface area contributed by atoms with Gasteiger partial charge in [-0.05, 0) is 31.4 Å². The molecule has 3 heterocycles. The lowest BCUT2D eigenvalue weighted by Crippen LogP contribution is -2.06. The van der Waals surface area contributed by atoms with Crippen LogP contribution in [-0.4, -0.2) is 24.9 Å². The van der Waals surface area contributed by atoms with Crippen molar-refractivity contribution in [1.82, 2.24) is 24.9 Å². The Hall–Kier alpha value is -3.09. The maximum absolute atomic E-state index is 13.4. The zero-order valence-corrected chi connectivity index (χ0v) is 13.7. The van der Waals surface area contributed by atoms with Crippen molar-refractivity contribution in [3.8, 4) is 22.9 Å². The van der Waals surface area contributed by atoms with Crippen molar-refractivity contribution in [2.45, 2.75) is 26.3 Å². The van der Waals surface area contributed by atoms with Crippen LogP contribution in [0, 0.1) is 12.7 Å². The summed E-state index contributed by atoms with van der Waals surface area (Å²) in [6, 6.07) is 3.63. The Morgan fingerprint density at radius 2 is 2.24 bits per heavy atom. The topological polar surface area (TPSA) is 69.6 Å². The van der Waals surface area contributed by atoms with Crippen molar-refractivity contribution < 1.29 is 8.91 Å². The first-order valence-electron chi connectivity index (χ1n) is 8.03. The maximum Gasteiger partial charge on any atom is 0.180 e. The minimum atomic E-state index is -0.431. The summed E-state index contributed by atoms with van der Waals surface area (Å²) >= 11 is 0. The fraction of sp³-hybridized carbons (Fsp3) is 0.222. The van der Waals surface area contributed by atoms with Gasteiger partial charge in [-0.15, -0.1) is 0 Å². The van der Waals surface area contributed by atoms with Crippen LogP contribution in [-0.2, 0) is 6.54 Å². The van der Waals surface area contributed by atoms with Crippen LogP contribution < -0.4 is 0 Å². The minimum Gasteiger partial charge on any atom is -0.364 e. The van der Waals surface area contributed by atoms with Crippen LogP contribution in [0.3, 0.4) is 0 Å². The fourth-order valence-corrected chi connectivity index (χ4v) is 2.75. The third-order valence-electron chi connectivity index (χ3n) is 4.08. The SMILES string of the molecule is Cc1nc(-c2cc(-c3ccon3)n(CC3=CC=CCC3)n2)ncc1F. The molecule has 1 aliphatic rings. The van der Waals surface area contributed by atoms with E-state index in [1.807, 2.05) is 10.7 Å². The van der Waals surface area contributed by atoms with E-state index in [9.17, 15) is 4.39 Å². The highest BCUT2D eigenvalue weighted by molar-refractivity contribution is 5.62. The molecule has 0 fully saturated rings. The van der Waals surface area contributed by atoms with Gasteiger partial charge in [-0.2, -0.15) is 5.10 Å². The van der Waals surface area contributed by atoms with E-state index in [-0.39, 0.29) is 0 Å². The molecule has 0 atom stereocenters. The molecule has 3 aromatic heterocycles. The average molecular weight is 337 g/mol. The highest BCUT2D eigenvalue weighted by Crippen LogP contribution is 2.25. The molecule has 0 amide bonds. The molecule has 0 saturated heterocycles. The minimum absolute atomic E-state index is 0.294. The maximum atomic E-state index is 13.4. The Morgan fingerprint density at radius 1 is 1.32 bits per heavy atom. The molecular formula is C18H16FN5O. The Morgan fingerprint density at radius 3 is 2.96 bits per heavy atom. The Bertz CT molecular complexity index is 956. The summed E-state index contributed by atoms with van der Waals surface area (Å²) in [5.74, 6) is -0.0426. The van der Waals surface area contributed by atoms with Gasteiger partial charge in [0.15, 0.2) is 11.6 Å². The smallest absolute Gasteiger partial charge is 0.180 e. The lowest BCUT2D eigenvalue weighted by Gasteiger charge is -2.10. The van der Waals surface area contributed by atoms with Crippen LogP contribution in [0.2, 0.25) is 0 Å². The van der Waals surface area contributed by atoms with E-state index in [2.05, 4.69) is 38.5 Å². The Kier molecular flexibility index (Phi) is 3.97. The molecule has 0 radical (unpaired) electrons. The normalized spacial score (nSPS) is 13.9. The highest BCUT2D eigenvalue weighted by atomic mass is 19.1. The average Bonchev–Trinajstić information content (AvgIpc) is 3.28. The molecule has 0 spiro atoms. The second-order valence-electron chi connectivity index (χ2n) is 5.88. The predicted octanol–water partition coefficient (Wildman–Crippen LogP) is 3.72. The number of aryl methyl sites for hydroxylation is 1. The third-order valence-corrected chi connectivity index (χ3v) is 4.08. The molecular weight excluding hydrogens is 321 g/mol. The van der Waals surface area contributed by atoms with Crippen LogP contribution in [0.4, 0.5) is 4.39 Å². The summed E-state index contributed by atoms with van der Waals surface area (Å²) in [5.41, 5.74) is 3.64. The molecule has 25 heavy (non-hydrogen) atoms. The van der Waals surface area contributed by atoms with Gasteiger partial charge >= 0.3 is 0 Å². The molecule has 6 nitrogen and oxygen atoms in total. The van der Waals surface area contributed by atoms with Crippen LogP contribution in [0.5, 0.6) is 0 Å². The van der Waals surface area contributed by atoms with E-state index in [0.717, 1.165) is 18.5 Å². The van der Waals surface area contributed by atoms with Gasteiger partial charge in [0.05, 0.1) is 24.1 Å². The van der Waals surface area contributed by atoms with E-state index in [1.54, 1.807) is 13.0 Å². The largest absolute Gasteiger partial charge is 0.364 e. The molecule has 0 bridgehead atoms. The van der Waals surface area contributed by atoms with Crippen molar-refractivity contribution in [1.29, 1.82) is 0 Å². The van der Waals surface area contributed by atoms with Gasteiger partial charge in [0.1, 0.15) is 17.7 Å². The summed E-state index contributed by atoms with van der Waals surface area (Å²) in [6.45, 7) is 2.25. The zero-order chi connectivity index (χ0) is 17.2. The molecule has 4 rings (SSSR count). The van der Waals surface area contributed by atoms with E-state index < -0.39 is 5.82 Å². The third kappa shape index (κ3) is 3.13. The lowest BCUT2D eigenvalue weighted by molar-refractivity contribution is 0.421. The van der Waals surface area contributed by atoms with E-state index in [0.29, 0.717) is 29.5 Å². The van der Waals surface area contributed by atoms with Gasteiger partial charge in [0, 0.05) is 6.07 Å². The summed E-state index contributed by atoms with van der Waals surface area (Å²) < 4.78 is 20.3. The standard InChI is InChI=1S/C18H16FN5O/c1-12-14(19)10-20-18(21-12)16-9-17(15-7-8-25-23-15)24(22-16)11-13-5-3-2-4-6-13/h2-3,5,7-10H,4,6,11H2,1H3. The molecule has 7 heteroatoms. The predicted molar refractivity (Wildman–Crippen MR) is 89.9 cm³/mol. The van der Waals surface area contributed by atoms with Crippen LogP contribution in [0.15, 0.2) is 52.9 Å². The molecule has 0 saturated carbocycles. The number of allylic oxidation sites excluding steroid dienone is 4. The van der Waals surface area contributed by atoms with Crippen LogP contribution >= 0.6 is 0 Å². The van der Waals surface area contributed by atoms with E-state index in [1.165, 1.54) is 18.0 Å². The van der Waals surface area contributed by atoms with Gasteiger partial charge < -0.3 is 4.52 Å². The Labute approximate surface area is 143 Å². The second kappa shape index (κ2) is 6.43. The zero-order valence-electron chi connectivity index (χ0n) is 13.7. The number of aromatic nitrogens is 5. The summed E-state index contributed by atoms with van der Waals surface area (Å²) in [4.78, 5) is 8.25. The molecule has 126 valence electrons. The van der Waals surface area contributed by atoms with Crippen molar-refractivity contribution >= 4 is 0 Å². The van der Waals surface area contributed by atoms with Gasteiger partial charge in [0.25, 0.3) is 0 Å². The molecule has 3 aromatic rings. The van der Waals surface area contributed by atoms with Gasteiger partial charge in [-0.1, -0.05) is 23.4 Å². The van der Waals surface area contributed by atoms with Crippen molar-refractivity contribution in [3.63, 3.8) is 0 Å². The fourth-order valence-electron chi connectivity index (χ4n) is 2.75. The first kappa shape index (κ1) is 15.4. The number of halogens is 1. The molecule has 1 aliphatic carbocycles. The van der Waals surface area contributed by atoms with Crippen LogP contribution in [0.1, 0.15) is 18.5 Å². The molecule has 0 aromatic carbocycles. The Balaban J connectivity index is 1.76. The number of hydrogen-bond acceptors (Lipinski definition) is 5. The summed E-state index contributed by atoms with van der Waals surface area (Å²) in [5, 5.41) is 8.63. The van der Waals surface area contributed by atoms with E-state index in [4.69, 9.17) is 4.52 Å². The van der Waals surface area contributed by atoms with Crippen molar-refractivity contribution in [2.75, 3.05) is 0 Å². The summed E-state index contributed by atoms with van der Waals surface area (Å²) in [7, 11) is 0. The first-order valence-corrected chi connectivity index (χ1v) is 8.03. The van der Waals surface area contributed by atoms with Crippen molar-refractivity contribution in [3.05, 3.63) is 59.9 Å². The van der Waals surface area contributed by atoms with Crippen molar-refractivity contribution in [2.24, 2.45) is 0 Å². The molecule has 0 unspecified atom stereocenters.